The van der Waals surface area contributed by atoms with Gasteiger partial charge in [-0.1, -0.05) is 48.0 Å². The van der Waals surface area contributed by atoms with E-state index in [9.17, 15) is 4.39 Å². The summed E-state index contributed by atoms with van der Waals surface area (Å²) in [5.74, 6) is 0.676. The van der Waals surface area contributed by atoms with Gasteiger partial charge in [-0.3, -0.25) is 0 Å². The highest BCUT2D eigenvalue weighted by Crippen LogP contribution is 2.49. The molecule has 20 heavy (non-hydrogen) atoms. The number of halogens is 2. The Bertz CT molecular complexity index is 579. The van der Waals surface area contributed by atoms with E-state index in [4.69, 9.17) is 17.3 Å². The first-order valence-corrected chi connectivity index (χ1v) is 7.28. The molecule has 2 aromatic carbocycles. The van der Waals surface area contributed by atoms with Gasteiger partial charge in [0.1, 0.15) is 5.82 Å². The van der Waals surface area contributed by atoms with Gasteiger partial charge < -0.3 is 5.73 Å². The maximum absolute atomic E-state index is 13.8. The Morgan fingerprint density at radius 2 is 1.90 bits per heavy atom. The van der Waals surface area contributed by atoms with E-state index < -0.39 is 0 Å². The van der Waals surface area contributed by atoms with Crippen molar-refractivity contribution in [2.45, 2.75) is 24.8 Å². The predicted octanol–water partition coefficient (Wildman–Crippen LogP) is 4.15. The van der Waals surface area contributed by atoms with Gasteiger partial charge in [0, 0.05) is 16.6 Å². The summed E-state index contributed by atoms with van der Waals surface area (Å²) in [5, 5.41) is 0.470. The molecule has 0 aromatic heterocycles. The Morgan fingerprint density at radius 1 is 1.15 bits per heavy atom. The van der Waals surface area contributed by atoms with Gasteiger partial charge in [-0.05, 0) is 42.4 Å². The Kier molecular flexibility index (Phi) is 3.77. The van der Waals surface area contributed by atoms with E-state index in [1.807, 2.05) is 18.2 Å². The second kappa shape index (κ2) is 5.55. The lowest BCUT2D eigenvalue weighted by molar-refractivity contribution is 0.547. The minimum atomic E-state index is -0.259. The first-order valence-electron chi connectivity index (χ1n) is 6.90. The van der Waals surface area contributed by atoms with Crippen LogP contribution in [0.5, 0.6) is 0 Å². The fourth-order valence-electron chi connectivity index (χ4n) is 2.89. The van der Waals surface area contributed by atoms with Crippen LogP contribution >= 0.6 is 11.6 Å². The monoisotopic (exact) mass is 289 g/mol. The lowest BCUT2D eigenvalue weighted by Crippen LogP contribution is -2.26. The van der Waals surface area contributed by atoms with Crippen LogP contribution in [0.25, 0.3) is 0 Å². The Balaban J connectivity index is 1.68. The second-order valence-corrected chi connectivity index (χ2v) is 5.89. The fraction of sp³-hybridized carbons (Fsp3) is 0.294. The smallest absolute Gasteiger partial charge is 0.127 e. The van der Waals surface area contributed by atoms with Crippen LogP contribution in [0.4, 0.5) is 4.39 Å². The molecule has 2 N–H and O–H groups in total. The molecule has 104 valence electrons. The lowest BCUT2D eigenvalue weighted by atomic mass is 9.99. The standard InChI is InChI=1S/C17H17ClFN/c18-15-7-4-8-16(19)14(15)10-17(20)13-9-12(13)11-5-2-1-3-6-11/h1-8,12-13,17H,9-10,20H2. The van der Waals surface area contributed by atoms with Crippen LogP contribution < -0.4 is 5.73 Å². The average molecular weight is 290 g/mol. The normalized spacial score (nSPS) is 22.6. The zero-order chi connectivity index (χ0) is 14.1. The Labute approximate surface area is 123 Å². The van der Waals surface area contributed by atoms with E-state index in [1.54, 1.807) is 12.1 Å². The third-order valence-corrected chi connectivity index (χ3v) is 4.47. The van der Waals surface area contributed by atoms with E-state index in [2.05, 4.69) is 12.1 Å². The third kappa shape index (κ3) is 2.72. The molecule has 1 aliphatic carbocycles. The van der Waals surface area contributed by atoms with E-state index in [0.29, 0.717) is 28.8 Å². The molecule has 2 aromatic rings. The maximum atomic E-state index is 13.8. The van der Waals surface area contributed by atoms with Gasteiger partial charge in [0.25, 0.3) is 0 Å². The summed E-state index contributed by atoms with van der Waals surface area (Å²) in [6.07, 6.45) is 1.58. The van der Waals surface area contributed by atoms with Crippen molar-refractivity contribution in [1.82, 2.24) is 0 Å². The molecule has 0 aliphatic heterocycles. The second-order valence-electron chi connectivity index (χ2n) is 5.48. The topological polar surface area (TPSA) is 26.0 Å². The molecule has 1 fully saturated rings. The van der Waals surface area contributed by atoms with Crippen molar-refractivity contribution in [1.29, 1.82) is 0 Å². The van der Waals surface area contributed by atoms with Gasteiger partial charge in [-0.2, -0.15) is 0 Å². The van der Waals surface area contributed by atoms with Crippen molar-refractivity contribution in [2.75, 3.05) is 0 Å². The molecule has 3 rings (SSSR count). The molecule has 1 nitrogen and oxygen atoms in total. The van der Waals surface area contributed by atoms with Crippen molar-refractivity contribution in [3.63, 3.8) is 0 Å². The quantitative estimate of drug-likeness (QED) is 0.899. The highest BCUT2D eigenvalue weighted by atomic mass is 35.5. The fourth-order valence-corrected chi connectivity index (χ4v) is 3.13. The molecule has 1 aliphatic rings. The molecular formula is C17H17ClFN. The van der Waals surface area contributed by atoms with Crippen LogP contribution in [-0.2, 0) is 6.42 Å². The maximum Gasteiger partial charge on any atom is 0.127 e. The Hall–Kier alpha value is -1.38. The molecule has 3 atom stereocenters. The zero-order valence-electron chi connectivity index (χ0n) is 11.1. The molecule has 0 saturated heterocycles. The zero-order valence-corrected chi connectivity index (χ0v) is 11.9. The summed E-state index contributed by atoms with van der Waals surface area (Å²) >= 11 is 6.06. The van der Waals surface area contributed by atoms with Crippen LogP contribution in [0.3, 0.4) is 0 Å². The molecule has 0 spiro atoms. The van der Waals surface area contributed by atoms with Crippen LogP contribution in [0, 0.1) is 11.7 Å². The minimum absolute atomic E-state index is 0.0467. The Morgan fingerprint density at radius 3 is 2.60 bits per heavy atom. The highest BCUT2D eigenvalue weighted by molar-refractivity contribution is 6.31. The van der Waals surface area contributed by atoms with Crippen molar-refractivity contribution in [3.8, 4) is 0 Å². The molecule has 1 saturated carbocycles. The van der Waals surface area contributed by atoms with Crippen LogP contribution in [0.15, 0.2) is 48.5 Å². The number of hydrogen-bond acceptors (Lipinski definition) is 1. The number of hydrogen-bond donors (Lipinski definition) is 1. The van der Waals surface area contributed by atoms with Crippen LogP contribution in [0.2, 0.25) is 5.02 Å². The van der Waals surface area contributed by atoms with Gasteiger partial charge >= 0.3 is 0 Å². The first kappa shape index (κ1) is 13.6. The first-order chi connectivity index (χ1) is 9.66. The average Bonchev–Trinajstić information content (AvgIpc) is 3.24. The van der Waals surface area contributed by atoms with Crippen molar-refractivity contribution >= 4 is 11.6 Å². The summed E-state index contributed by atoms with van der Waals surface area (Å²) in [6, 6.07) is 15.1. The summed E-state index contributed by atoms with van der Waals surface area (Å²) in [6.45, 7) is 0. The molecular weight excluding hydrogens is 273 g/mol. The summed E-state index contributed by atoms with van der Waals surface area (Å²) in [4.78, 5) is 0. The van der Waals surface area contributed by atoms with Crippen LogP contribution in [-0.4, -0.2) is 6.04 Å². The van der Waals surface area contributed by atoms with Crippen molar-refractivity contribution in [2.24, 2.45) is 11.7 Å². The summed E-state index contributed by atoms with van der Waals surface area (Å²) < 4.78 is 13.8. The van der Waals surface area contributed by atoms with Crippen LogP contribution in [0.1, 0.15) is 23.5 Å². The molecule has 3 unspecified atom stereocenters. The van der Waals surface area contributed by atoms with E-state index in [-0.39, 0.29) is 11.9 Å². The minimum Gasteiger partial charge on any atom is -0.327 e. The van der Waals surface area contributed by atoms with Gasteiger partial charge in [0.2, 0.25) is 0 Å². The predicted molar refractivity (Wildman–Crippen MR) is 80.4 cm³/mol. The van der Waals surface area contributed by atoms with Gasteiger partial charge in [-0.25, -0.2) is 4.39 Å². The van der Waals surface area contributed by atoms with Crippen molar-refractivity contribution < 1.29 is 4.39 Å². The SMILES string of the molecule is NC(Cc1c(F)cccc1Cl)C1CC1c1ccccc1. The number of nitrogens with two attached hydrogens (primary N) is 1. The molecule has 3 heteroatoms. The third-order valence-electron chi connectivity index (χ3n) is 4.12. The van der Waals surface area contributed by atoms with Crippen molar-refractivity contribution in [3.05, 3.63) is 70.5 Å². The largest absolute Gasteiger partial charge is 0.327 e. The number of benzene rings is 2. The van der Waals surface area contributed by atoms with E-state index >= 15 is 0 Å². The molecule has 0 bridgehead atoms. The number of rotatable bonds is 4. The van der Waals surface area contributed by atoms with E-state index in [0.717, 1.165) is 6.42 Å². The summed E-state index contributed by atoms with van der Waals surface area (Å²) in [7, 11) is 0. The van der Waals surface area contributed by atoms with Gasteiger partial charge in [0.15, 0.2) is 0 Å². The van der Waals surface area contributed by atoms with Gasteiger partial charge in [0.05, 0.1) is 0 Å². The molecule has 0 heterocycles. The lowest BCUT2D eigenvalue weighted by Gasteiger charge is -2.13. The summed E-state index contributed by atoms with van der Waals surface area (Å²) in [5.41, 5.74) is 8.12. The van der Waals surface area contributed by atoms with E-state index in [1.165, 1.54) is 11.6 Å². The molecule has 0 amide bonds. The highest BCUT2D eigenvalue weighted by Gasteiger charge is 2.42. The van der Waals surface area contributed by atoms with Gasteiger partial charge in [-0.15, -0.1) is 0 Å². The molecule has 0 radical (unpaired) electrons.